The lowest BCUT2D eigenvalue weighted by Gasteiger charge is -2.02. The highest BCUT2D eigenvalue weighted by Gasteiger charge is 2.11. The van der Waals surface area contributed by atoms with Gasteiger partial charge in [0.15, 0.2) is 0 Å². The highest BCUT2D eigenvalue weighted by molar-refractivity contribution is 5.94. The van der Waals surface area contributed by atoms with E-state index >= 15 is 0 Å². The lowest BCUT2D eigenvalue weighted by atomic mass is 10.1. The molecule has 0 radical (unpaired) electrons. The number of halogens is 1. The second-order valence-corrected chi connectivity index (χ2v) is 2.73. The Hall–Kier alpha value is -2.06. The average Bonchev–Trinajstić information content (AvgIpc) is 2.16. The molecule has 78 valence electrons. The Bertz CT molecular complexity index is 460. The Kier molecular flexibility index (Phi) is 3.26. The second-order valence-electron chi connectivity index (χ2n) is 2.73. The van der Waals surface area contributed by atoms with Gasteiger partial charge in [-0.1, -0.05) is 11.8 Å². The van der Waals surface area contributed by atoms with Crippen LogP contribution in [0.15, 0.2) is 12.1 Å². The van der Waals surface area contributed by atoms with Crippen LogP contribution in [-0.4, -0.2) is 17.6 Å². The Labute approximate surface area is 85.7 Å². The van der Waals surface area contributed by atoms with Crippen LogP contribution in [0.3, 0.4) is 0 Å². The summed E-state index contributed by atoms with van der Waals surface area (Å²) in [6.45, 7) is 0.0756. The van der Waals surface area contributed by atoms with E-state index in [1.807, 2.05) is 0 Å². The predicted octanol–water partition coefficient (Wildman–Crippen LogP) is 0.416. The maximum atomic E-state index is 13.2. The number of hydrogen-bond donors (Lipinski definition) is 3. The second kappa shape index (κ2) is 4.44. The molecule has 5 N–H and O–H groups in total. The van der Waals surface area contributed by atoms with Gasteiger partial charge in [-0.05, 0) is 12.1 Å². The van der Waals surface area contributed by atoms with Gasteiger partial charge in [-0.25, -0.2) is 9.18 Å². The molecule has 0 saturated carbocycles. The molecule has 1 aromatic carbocycles. The zero-order valence-electron chi connectivity index (χ0n) is 7.75. The molecule has 0 fully saturated rings. The SMILES string of the molecule is NCC#Cc1cc(C(=O)O)c(N)cc1F. The summed E-state index contributed by atoms with van der Waals surface area (Å²) < 4.78 is 13.2. The molecular formula is C10H9FN2O2. The van der Waals surface area contributed by atoms with Crippen molar-refractivity contribution in [1.82, 2.24) is 0 Å². The molecule has 1 aromatic rings. The first-order chi connectivity index (χ1) is 7.06. The molecule has 0 aliphatic rings. The van der Waals surface area contributed by atoms with Gasteiger partial charge in [0.1, 0.15) is 5.82 Å². The highest BCUT2D eigenvalue weighted by atomic mass is 19.1. The molecule has 1 rings (SSSR count). The van der Waals surface area contributed by atoms with Crippen LogP contribution in [0.25, 0.3) is 0 Å². The van der Waals surface area contributed by atoms with E-state index in [-0.39, 0.29) is 23.4 Å². The van der Waals surface area contributed by atoms with Crippen LogP contribution in [0.2, 0.25) is 0 Å². The monoisotopic (exact) mass is 208 g/mol. The Balaban J connectivity index is 3.29. The summed E-state index contributed by atoms with van der Waals surface area (Å²) in [7, 11) is 0. The number of rotatable bonds is 1. The first-order valence-electron chi connectivity index (χ1n) is 4.07. The van der Waals surface area contributed by atoms with Crippen molar-refractivity contribution in [2.45, 2.75) is 0 Å². The van der Waals surface area contributed by atoms with E-state index in [1.165, 1.54) is 0 Å². The van der Waals surface area contributed by atoms with Crippen LogP contribution >= 0.6 is 0 Å². The summed E-state index contributed by atoms with van der Waals surface area (Å²) in [5.74, 6) is 2.99. The minimum Gasteiger partial charge on any atom is -0.478 e. The number of nitrogens with two attached hydrogens (primary N) is 2. The summed E-state index contributed by atoms with van der Waals surface area (Å²) in [6.07, 6.45) is 0. The fourth-order valence-corrected chi connectivity index (χ4v) is 1.02. The molecule has 0 bridgehead atoms. The number of benzene rings is 1. The van der Waals surface area contributed by atoms with Crippen molar-refractivity contribution < 1.29 is 14.3 Å². The minimum absolute atomic E-state index is 0.0212. The molecule has 0 unspecified atom stereocenters. The fourth-order valence-electron chi connectivity index (χ4n) is 1.02. The maximum Gasteiger partial charge on any atom is 0.337 e. The lowest BCUT2D eigenvalue weighted by molar-refractivity contribution is 0.0698. The Morgan fingerprint density at radius 2 is 2.20 bits per heavy atom. The lowest BCUT2D eigenvalue weighted by Crippen LogP contribution is -2.04. The molecular weight excluding hydrogens is 199 g/mol. The number of hydrogen-bond acceptors (Lipinski definition) is 3. The quantitative estimate of drug-likeness (QED) is 0.460. The van der Waals surface area contributed by atoms with Gasteiger partial charge < -0.3 is 16.6 Å². The zero-order chi connectivity index (χ0) is 11.4. The fraction of sp³-hybridized carbons (Fsp3) is 0.100. The topological polar surface area (TPSA) is 89.3 Å². The number of carbonyl (C=O) groups is 1. The van der Waals surface area contributed by atoms with Gasteiger partial charge in [-0.15, -0.1) is 0 Å². The molecule has 15 heavy (non-hydrogen) atoms. The van der Waals surface area contributed by atoms with Gasteiger partial charge in [-0.3, -0.25) is 0 Å². The third kappa shape index (κ3) is 2.45. The number of carboxylic acid groups (broad SMARTS) is 1. The molecule has 0 aliphatic heterocycles. The van der Waals surface area contributed by atoms with Crippen LogP contribution in [0.4, 0.5) is 10.1 Å². The zero-order valence-corrected chi connectivity index (χ0v) is 7.75. The van der Waals surface area contributed by atoms with Crippen LogP contribution in [-0.2, 0) is 0 Å². The molecule has 0 atom stereocenters. The molecule has 0 saturated heterocycles. The average molecular weight is 208 g/mol. The number of anilines is 1. The molecule has 0 heterocycles. The van der Waals surface area contributed by atoms with Gasteiger partial charge >= 0.3 is 5.97 Å². The third-order valence-corrected chi connectivity index (χ3v) is 1.69. The van der Waals surface area contributed by atoms with Crippen LogP contribution < -0.4 is 11.5 Å². The Morgan fingerprint density at radius 1 is 1.53 bits per heavy atom. The summed E-state index contributed by atoms with van der Waals surface area (Å²) >= 11 is 0. The summed E-state index contributed by atoms with van der Waals surface area (Å²) in [6, 6.07) is 2.03. The third-order valence-electron chi connectivity index (χ3n) is 1.69. The van der Waals surface area contributed by atoms with Crippen LogP contribution in [0.1, 0.15) is 15.9 Å². The first kappa shape index (κ1) is 11.0. The normalized spacial score (nSPS) is 9.20. The van der Waals surface area contributed by atoms with Gasteiger partial charge in [-0.2, -0.15) is 0 Å². The van der Waals surface area contributed by atoms with Crippen LogP contribution in [0, 0.1) is 17.7 Å². The molecule has 4 nitrogen and oxygen atoms in total. The highest BCUT2D eigenvalue weighted by Crippen LogP contribution is 2.17. The summed E-state index contributed by atoms with van der Waals surface area (Å²) in [4.78, 5) is 10.7. The molecule has 0 spiro atoms. The van der Waals surface area contributed by atoms with Crippen molar-refractivity contribution in [3.8, 4) is 11.8 Å². The van der Waals surface area contributed by atoms with Crippen molar-refractivity contribution in [2.24, 2.45) is 5.73 Å². The van der Waals surface area contributed by atoms with E-state index in [2.05, 4.69) is 11.8 Å². The minimum atomic E-state index is -1.22. The van der Waals surface area contributed by atoms with Crippen molar-refractivity contribution in [3.63, 3.8) is 0 Å². The number of nitrogen functional groups attached to an aromatic ring is 1. The Morgan fingerprint density at radius 3 is 2.73 bits per heavy atom. The summed E-state index contributed by atoms with van der Waals surface area (Å²) in [5.41, 5.74) is 10.1. The number of carboxylic acids is 1. The van der Waals surface area contributed by atoms with Gasteiger partial charge in [0.25, 0.3) is 0 Å². The number of aromatic carboxylic acids is 1. The largest absolute Gasteiger partial charge is 0.478 e. The van der Waals surface area contributed by atoms with Crippen molar-refractivity contribution >= 4 is 11.7 Å². The van der Waals surface area contributed by atoms with Crippen molar-refractivity contribution in [3.05, 3.63) is 29.1 Å². The van der Waals surface area contributed by atoms with Gasteiger partial charge in [0.2, 0.25) is 0 Å². The van der Waals surface area contributed by atoms with E-state index in [9.17, 15) is 9.18 Å². The smallest absolute Gasteiger partial charge is 0.337 e. The van der Waals surface area contributed by atoms with Crippen LogP contribution in [0.5, 0.6) is 0 Å². The van der Waals surface area contributed by atoms with Crippen molar-refractivity contribution in [2.75, 3.05) is 12.3 Å². The maximum absolute atomic E-state index is 13.2. The molecule has 0 aromatic heterocycles. The van der Waals surface area contributed by atoms with E-state index < -0.39 is 11.8 Å². The first-order valence-corrected chi connectivity index (χ1v) is 4.07. The van der Waals surface area contributed by atoms with Crippen molar-refractivity contribution in [1.29, 1.82) is 0 Å². The summed E-state index contributed by atoms with van der Waals surface area (Å²) in [5, 5.41) is 8.73. The molecule has 0 aliphatic carbocycles. The van der Waals surface area contributed by atoms with Gasteiger partial charge in [0, 0.05) is 5.69 Å². The molecule has 5 heteroatoms. The molecule has 0 amide bonds. The van der Waals surface area contributed by atoms with Gasteiger partial charge in [0.05, 0.1) is 17.7 Å². The van der Waals surface area contributed by atoms with E-state index in [1.54, 1.807) is 0 Å². The van der Waals surface area contributed by atoms with E-state index in [4.69, 9.17) is 16.6 Å². The van der Waals surface area contributed by atoms with E-state index in [0.717, 1.165) is 12.1 Å². The van der Waals surface area contributed by atoms with E-state index in [0.29, 0.717) is 0 Å². The predicted molar refractivity (Wildman–Crippen MR) is 53.7 cm³/mol. The standard InChI is InChI=1S/C10H9FN2O2/c11-8-5-9(13)7(10(14)15)4-6(8)2-1-3-12/h4-5H,3,12-13H2,(H,14,15).